The number of carbonyl (C=O) groups excluding carboxylic acids is 2. The van der Waals surface area contributed by atoms with Crippen molar-refractivity contribution < 1.29 is 22.7 Å². The summed E-state index contributed by atoms with van der Waals surface area (Å²) in [6, 6.07) is 13.5. The molecule has 1 aliphatic rings. The summed E-state index contributed by atoms with van der Waals surface area (Å²) in [5.41, 5.74) is 1.28. The number of anilines is 1. The fourth-order valence-corrected chi connectivity index (χ4v) is 5.90. The van der Waals surface area contributed by atoms with E-state index in [0.717, 1.165) is 37.5 Å². The lowest BCUT2D eigenvalue weighted by Crippen LogP contribution is -2.50. The van der Waals surface area contributed by atoms with Gasteiger partial charge in [-0.05, 0) is 62.1 Å². The van der Waals surface area contributed by atoms with Crippen LogP contribution in [0, 0.1) is 0 Å². The number of methoxy groups -OCH3 is 1. The van der Waals surface area contributed by atoms with Crippen molar-refractivity contribution in [3.63, 3.8) is 0 Å². The molecule has 2 amide bonds. The molecule has 0 aromatic heterocycles. The van der Waals surface area contributed by atoms with Crippen molar-refractivity contribution in [2.24, 2.45) is 0 Å². The van der Waals surface area contributed by atoms with Crippen LogP contribution in [0.3, 0.4) is 0 Å². The third-order valence-electron chi connectivity index (χ3n) is 6.85. The predicted octanol–water partition coefficient (Wildman–Crippen LogP) is 4.76. The Kier molecular flexibility index (Phi) is 10.8. The molecule has 0 radical (unpaired) electrons. The van der Waals surface area contributed by atoms with Gasteiger partial charge in [-0.25, -0.2) is 8.42 Å². The summed E-state index contributed by atoms with van der Waals surface area (Å²) in [7, 11) is -2.00. The quantitative estimate of drug-likeness (QED) is 0.401. The first-order valence-electron chi connectivity index (χ1n) is 13.0. The van der Waals surface area contributed by atoms with E-state index in [1.807, 2.05) is 24.3 Å². The second kappa shape index (κ2) is 13.8. The number of hydrogen-bond donors (Lipinski definition) is 1. The van der Waals surface area contributed by atoms with Gasteiger partial charge in [0.05, 0.1) is 19.1 Å². The normalized spacial score (nSPS) is 14.9. The molecule has 1 atom stereocenters. The predicted molar refractivity (Wildman–Crippen MR) is 151 cm³/mol. The molecular weight excluding hydrogens is 526 g/mol. The number of hydrogen-bond acceptors (Lipinski definition) is 5. The Morgan fingerprint density at radius 1 is 1.11 bits per heavy atom. The minimum atomic E-state index is -3.58. The zero-order valence-electron chi connectivity index (χ0n) is 22.4. The Morgan fingerprint density at radius 2 is 1.82 bits per heavy atom. The summed E-state index contributed by atoms with van der Waals surface area (Å²) in [6.45, 7) is 2.09. The van der Waals surface area contributed by atoms with E-state index in [4.69, 9.17) is 16.3 Å². The standard InChI is InChI=1S/C28H38ClN3O5S/c1-21(28(34)30-24-12-5-4-6-13-24)31(20-22-10-7-15-26(18-22)37-2)27(33)16-9-17-32(38(3,35)36)25-14-8-11-23(29)19-25/h7-8,10-11,14-15,18-19,21,24H,4-6,9,12-13,16-17,20H2,1-3H3,(H,30,34)/t21-/m1/s1. The van der Waals surface area contributed by atoms with Crippen LogP contribution in [0.1, 0.15) is 57.4 Å². The molecule has 0 saturated heterocycles. The number of benzene rings is 2. The Hall–Kier alpha value is -2.78. The highest BCUT2D eigenvalue weighted by Gasteiger charge is 2.28. The second-order valence-electron chi connectivity index (χ2n) is 9.81. The highest BCUT2D eigenvalue weighted by atomic mass is 35.5. The van der Waals surface area contributed by atoms with Crippen LogP contribution >= 0.6 is 11.6 Å². The SMILES string of the molecule is COc1cccc(CN(C(=O)CCCN(c2cccc(Cl)c2)S(C)(=O)=O)[C@H](C)C(=O)NC2CCCCC2)c1. The number of nitrogens with zero attached hydrogens (tertiary/aromatic N) is 2. The van der Waals surface area contributed by atoms with Gasteiger partial charge in [0.2, 0.25) is 21.8 Å². The molecule has 1 fully saturated rings. The van der Waals surface area contributed by atoms with E-state index < -0.39 is 16.1 Å². The van der Waals surface area contributed by atoms with Crippen LogP contribution in [-0.4, -0.2) is 57.1 Å². The molecule has 0 unspecified atom stereocenters. The number of sulfonamides is 1. The van der Waals surface area contributed by atoms with Crippen molar-refractivity contribution in [3.8, 4) is 5.75 Å². The second-order valence-corrected chi connectivity index (χ2v) is 12.2. The van der Waals surface area contributed by atoms with Crippen LogP contribution in [0.4, 0.5) is 5.69 Å². The van der Waals surface area contributed by atoms with E-state index in [1.165, 1.54) is 10.7 Å². The monoisotopic (exact) mass is 563 g/mol. The van der Waals surface area contributed by atoms with Crippen LogP contribution in [0.2, 0.25) is 5.02 Å². The molecule has 208 valence electrons. The third-order valence-corrected chi connectivity index (χ3v) is 8.28. The van der Waals surface area contributed by atoms with Crippen LogP contribution in [0.25, 0.3) is 0 Å². The van der Waals surface area contributed by atoms with Gasteiger partial charge >= 0.3 is 0 Å². The molecule has 2 aromatic rings. The Balaban J connectivity index is 1.73. The van der Waals surface area contributed by atoms with Crippen LogP contribution < -0.4 is 14.4 Å². The lowest BCUT2D eigenvalue weighted by molar-refractivity contribution is -0.141. The maximum absolute atomic E-state index is 13.5. The molecule has 0 bridgehead atoms. The average Bonchev–Trinajstić information content (AvgIpc) is 2.89. The Morgan fingerprint density at radius 3 is 2.47 bits per heavy atom. The smallest absolute Gasteiger partial charge is 0.242 e. The fourth-order valence-electron chi connectivity index (χ4n) is 4.75. The van der Waals surface area contributed by atoms with Gasteiger partial charge < -0.3 is 15.0 Å². The van der Waals surface area contributed by atoms with E-state index in [0.29, 0.717) is 16.5 Å². The molecule has 1 saturated carbocycles. The van der Waals surface area contributed by atoms with Crippen LogP contribution in [0.15, 0.2) is 48.5 Å². The van der Waals surface area contributed by atoms with Crippen LogP contribution in [-0.2, 0) is 26.2 Å². The lowest BCUT2D eigenvalue weighted by atomic mass is 9.95. The summed E-state index contributed by atoms with van der Waals surface area (Å²) < 4.78 is 31.5. The molecule has 2 aromatic carbocycles. The highest BCUT2D eigenvalue weighted by Crippen LogP contribution is 2.23. The molecule has 0 heterocycles. The number of amides is 2. The largest absolute Gasteiger partial charge is 0.497 e. The van der Waals surface area contributed by atoms with Gasteiger partial charge in [0.25, 0.3) is 0 Å². The van der Waals surface area contributed by atoms with Crippen molar-refractivity contribution in [1.29, 1.82) is 0 Å². The molecule has 8 nitrogen and oxygen atoms in total. The average molecular weight is 564 g/mol. The summed E-state index contributed by atoms with van der Waals surface area (Å²) in [6.07, 6.45) is 6.76. The number of nitrogens with one attached hydrogen (secondary N) is 1. The lowest BCUT2D eigenvalue weighted by Gasteiger charge is -2.31. The molecule has 38 heavy (non-hydrogen) atoms. The number of rotatable bonds is 12. The molecule has 0 spiro atoms. The maximum Gasteiger partial charge on any atom is 0.242 e. The minimum absolute atomic E-state index is 0.0810. The minimum Gasteiger partial charge on any atom is -0.497 e. The van der Waals surface area contributed by atoms with E-state index in [1.54, 1.807) is 43.2 Å². The zero-order chi connectivity index (χ0) is 27.7. The Bertz CT molecular complexity index is 1200. The number of halogens is 1. The van der Waals surface area contributed by atoms with Crippen LogP contribution in [0.5, 0.6) is 5.75 Å². The maximum atomic E-state index is 13.5. The zero-order valence-corrected chi connectivity index (χ0v) is 23.9. The van der Waals surface area contributed by atoms with Crippen molar-refractivity contribution in [2.45, 2.75) is 70.5 Å². The summed E-state index contributed by atoms with van der Waals surface area (Å²) in [5.74, 6) is 0.267. The van der Waals surface area contributed by atoms with Gasteiger partial charge in [0, 0.05) is 30.6 Å². The fraction of sp³-hybridized carbons (Fsp3) is 0.500. The molecule has 0 aliphatic heterocycles. The van der Waals surface area contributed by atoms with Gasteiger partial charge in [-0.15, -0.1) is 0 Å². The van der Waals surface area contributed by atoms with Gasteiger partial charge in [-0.2, -0.15) is 0 Å². The number of carbonyl (C=O) groups is 2. The molecule has 1 aliphatic carbocycles. The molecule has 1 N–H and O–H groups in total. The summed E-state index contributed by atoms with van der Waals surface area (Å²) in [4.78, 5) is 28.2. The summed E-state index contributed by atoms with van der Waals surface area (Å²) in [5, 5.41) is 3.55. The topological polar surface area (TPSA) is 96.0 Å². The molecular formula is C28H38ClN3O5S. The van der Waals surface area contributed by atoms with Crippen molar-refractivity contribution in [1.82, 2.24) is 10.2 Å². The first kappa shape index (κ1) is 29.8. The summed E-state index contributed by atoms with van der Waals surface area (Å²) >= 11 is 6.07. The van der Waals surface area contributed by atoms with E-state index in [9.17, 15) is 18.0 Å². The van der Waals surface area contributed by atoms with Gasteiger partial charge in [-0.1, -0.05) is 49.1 Å². The molecule has 10 heteroatoms. The van der Waals surface area contributed by atoms with Gasteiger partial charge in [0.15, 0.2) is 0 Å². The highest BCUT2D eigenvalue weighted by molar-refractivity contribution is 7.92. The van der Waals surface area contributed by atoms with Gasteiger partial charge in [0.1, 0.15) is 11.8 Å². The van der Waals surface area contributed by atoms with Crippen molar-refractivity contribution >= 4 is 39.1 Å². The third kappa shape index (κ3) is 8.63. The van der Waals surface area contributed by atoms with E-state index >= 15 is 0 Å². The first-order valence-corrected chi connectivity index (χ1v) is 15.3. The van der Waals surface area contributed by atoms with E-state index in [-0.39, 0.29) is 43.8 Å². The van der Waals surface area contributed by atoms with E-state index in [2.05, 4.69) is 5.32 Å². The van der Waals surface area contributed by atoms with Gasteiger partial charge in [-0.3, -0.25) is 13.9 Å². The molecule has 3 rings (SSSR count). The number of ether oxygens (including phenoxy) is 1. The first-order chi connectivity index (χ1) is 18.1. The van der Waals surface area contributed by atoms with Crippen molar-refractivity contribution in [2.75, 3.05) is 24.2 Å². The Labute approximate surface area is 231 Å². The van der Waals surface area contributed by atoms with Crippen molar-refractivity contribution in [3.05, 3.63) is 59.1 Å².